The van der Waals surface area contributed by atoms with Gasteiger partial charge in [0.05, 0.1) is 11.7 Å². The maximum atomic E-state index is 12.0. The van der Waals surface area contributed by atoms with Gasteiger partial charge in [-0.1, -0.05) is 26.0 Å². The van der Waals surface area contributed by atoms with E-state index in [0.29, 0.717) is 12.3 Å². The number of allylic oxidation sites excluding steroid dienone is 2. The fourth-order valence-electron chi connectivity index (χ4n) is 5.87. The molecule has 0 N–H and O–H groups in total. The molecule has 0 aromatic carbocycles. The van der Waals surface area contributed by atoms with Crippen LogP contribution in [0, 0.1) is 23.2 Å². The summed E-state index contributed by atoms with van der Waals surface area (Å²) in [6.45, 7) is 13.6. The second-order valence-electron chi connectivity index (χ2n) is 10.6. The number of hydrogen-bond donors (Lipinski definition) is 0. The third-order valence-corrected chi connectivity index (χ3v) is 7.59. The molecule has 2 aliphatic carbocycles. The van der Waals surface area contributed by atoms with Gasteiger partial charge in [-0.2, -0.15) is 0 Å². The van der Waals surface area contributed by atoms with E-state index >= 15 is 0 Å². The number of rotatable bonds is 3. The third-order valence-electron chi connectivity index (χ3n) is 7.59. The summed E-state index contributed by atoms with van der Waals surface area (Å²) < 4.78 is 17.8. The van der Waals surface area contributed by atoms with Crippen molar-refractivity contribution in [1.29, 1.82) is 0 Å². The lowest BCUT2D eigenvalue weighted by atomic mass is 9.68. The van der Waals surface area contributed by atoms with Crippen LogP contribution in [0.2, 0.25) is 0 Å². The van der Waals surface area contributed by atoms with Crippen LogP contribution < -0.4 is 0 Å². The molecule has 0 aromatic rings. The van der Waals surface area contributed by atoms with Gasteiger partial charge in [-0.3, -0.25) is 9.59 Å². The minimum Gasteiger partial charge on any atom is -0.462 e. The molecular weight excluding hydrogens is 368 g/mol. The van der Waals surface area contributed by atoms with Crippen LogP contribution in [-0.2, 0) is 23.8 Å². The Morgan fingerprint density at radius 1 is 1.10 bits per heavy atom. The highest BCUT2D eigenvalue weighted by molar-refractivity contribution is 5.67. The topological polar surface area (TPSA) is 65.1 Å². The molecule has 164 valence electrons. The molecule has 1 aliphatic heterocycles. The fraction of sp³-hybridized carbons (Fsp3) is 0.833. The molecule has 1 heterocycles. The van der Waals surface area contributed by atoms with Crippen molar-refractivity contribution in [2.45, 2.75) is 104 Å². The lowest BCUT2D eigenvalue weighted by Crippen LogP contribution is -2.47. The number of carbonyl (C=O) groups is 2. The standard InChI is InChI=1S/C24H38O5/c1-15-8-11-23(6)12-10-18(22(4,5)28-17(3)26)21(23)19(27-16(2)25)14-20-24(7,29-20)13-9-15/h8,11,15,18-21H,9-10,12-14H2,1-7H3. The summed E-state index contributed by atoms with van der Waals surface area (Å²) in [6, 6.07) is 0. The summed E-state index contributed by atoms with van der Waals surface area (Å²) in [5.41, 5.74) is -0.868. The Morgan fingerprint density at radius 2 is 1.79 bits per heavy atom. The van der Waals surface area contributed by atoms with Gasteiger partial charge in [0.1, 0.15) is 11.7 Å². The van der Waals surface area contributed by atoms with E-state index in [2.05, 4.69) is 32.9 Å². The Kier molecular flexibility index (Phi) is 5.94. The molecule has 5 nitrogen and oxygen atoms in total. The van der Waals surface area contributed by atoms with E-state index < -0.39 is 5.60 Å². The Balaban J connectivity index is 2.01. The van der Waals surface area contributed by atoms with Gasteiger partial charge >= 0.3 is 11.9 Å². The normalized spacial score (nSPS) is 42.2. The smallest absolute Gasteiger partial charge is 0.303 e. The van der Waals surface area contributed by atoms with Gasteiger partial charge in [-0.15, -0.1) is 0 Å². The van der Waals surface area contributed by atoms with E-state index in [9.17, 15) is 9.59 Å². The van der Waals surface area contributed by atoms with Crippen LogP contribution >= 0.6 is 0 Å². The first-order chi connectivity index (χ1) is 13.4. The van der Waals surface area contributed by atoms with Gasteiger partial charge in [0.15, 0.2) is 0 Å². The van der Waals surface area contributed by atoms with Crippen LogP contribution in [0.15, 0.2) is 12.2 Å². The summed E-state index contributed by atoms with van der Waals surface area (Å²) in [4.78, 5) is 23.8. The number of fused-ring (bicyclic) bond motifs is 2. The summed E-state index contributed by atoms with van der Waals surface area (Å²) in [5.74, 6) is 0.108. The molecule has 5 heteroatoms. The molecule has 2 fully saturated rings. The molecule has 0 amide bonds. The molecule has 1 saturated carbocycles. The highest BCUT2D eigenvalue weighted by Gasteiger charge is 2.59. The highest BCUT2D eigenvalue weighted by atomic mass is 16.6. The van der Waals surface area contributed by atoms with Crippen molar-refractivity contribution in [2.75, 3.05) is 0 Å². The van der Waals surface area contributed by atoms with E-state index in [-0.39, 0.29) is 47.0 Å². The Bertz CT molecular complexity index is 683. The third kappa shape index (κ3) is 4.70. The average Bonchev–Trinajstić information content (AvgIpc) is 3.06. The van der Waals surface area contributed by atoms with Gasteiger partial charge in [-0.05, 0) is 57.8 Å². The number of esters is 2. The molecule has 3 aliphatic rings. The molecule has 0 radical (unpaired) electrons. The first kappa shape index (κ1) is 22.3. The minimum atomic E-state index is -0.625. The van der Waals surface area contributed by atoms with E-state index in [1.165, 1.54) is 13.8 Å². The van der Waals surface area contributed by atoms with Crippen LogP contribution in [0.5, 0.6) is 0 Å². The lowest BCUT2D eigenvalue weighted by Gasteiger charge is -2.42. The van der Waals surface area contributed by atoms with E-state index in [1.54, 1.807) is 0 Å². The van der Waals surface area contributed by atoms with E-state index in [1.807, 2.05) is 13.8 Å². The van der Waals surface area contributed by atoms with Crippen molar-refractivity contribution in [3.63, 3.8) is 0 Å². The van der Waals surface area contributed by atoms with Crippen molar-refractivity contribution in [1.82, 2.24) is 0 Å². The zero-order chi connectivity index (χ0) is 21.6. The summed E-state index contributed by atoms with van der Waals surface area (Å²) >= 11 is 0. The monoisotopic (exact) mass is 406 g/mol. The Hall–Kier alpha value is -1.36. The number of carbonyl (C=O) groups excluding carboxylic acids is 2. The van der Waals surface area contributed by atoms with E-state index in [0.717, 1.165) is 25.7 Å². The van der Waals surface area contributed by atoms with Crippen LogP contribution in [0.4, 0.5) is 0 Å². The van der Waals surface area contributed by atoms with Crippen molar-refractivity contribution in [2.24, 2.45) is 23.2 Å². The molecule has 0 spiro atoms. The van der Waals surface area contributed by atoms with Gasteiger partial charge in [-0.25, -0.2) is 0 Å². The maximum absolute atomic E-state index is 12.0. The zero-order valence-corrected chi connectivity index (χ0v) is 19.1. The predicted molar refractivity (Wildman–Crippen MR) is 111 cm³/mol. The van der Waals surface area contributed by atoms with Crippen LogP contribution in [0.1, 0.15) is 80.6 Å². The second kappa shape index (κ2) is 7.72. The number of ether oxygens (including phenoxy) is 3. The Labute approximate surface area is 175 Å². The number of hydrogen-bond acceptors (Lipinski definition) is 5. The highest BCUT2D eigenvalue weighted by Crippen LogP contribution is 2.57. The lowest BCUT2D eigenvalue weighted by molar-refractivity contribution is -0.169. The van der Waals surface area contributed by atoms with Crippen LogP contribution in [-0.4, -0.2) is 35.3 Å². The molecule has 29 heavy (non-hydrogen) atoms. The molecule has 3 rings (SSSR count). The molecule has 0 bridgehead atoms. The zero-order valence-electron chi connectivity index (χ0n) is 19.1. The predicted octanol–water partition coefficient (Wildman–Crippen LogP) is 4.83. The molecule has 7 atom stereocenters. The minimum absolute atomic E-state index is 0.0655. The van der Waals surface area contributed by atoms with Gasteiger partial charge < -0.3 is 14.2 Å². The van der Waals surface area contributed by atoms with Crippen molar-refractivity contribution >= 4 is 11.9 Å². The summed E-state index contributed by atoms with van der Waals surface area (Å²) in [5, 5.41) is 0. The van der Waals surface area contributed by atoms with Crippen molar-refractivity contribution in [3.05, 3.63) is 12.2 Å². The van der Waals surface area contributed by atoms with Crippen LogP contribution in [0.3, 0.4) is 0 Å². The van der Waals surface area contributed by atoms with Crippen molar-refractivity contribution < 1.29 is 23.8 Å². The summed E-state index contributed by atoms with van der Waals surface area (Å²) in [7, 11) is 0. The first-order valence-corrected chi connectivity index (χ1v) is 11.1. The van der Waals surface area contributed by atoms with Crippen molar-refractivity contribution in [3.8, 4) is 0 Å². The number of epoxide rings is 1. The first-order valence-electron chi connectivity index (χ1n) is 11.1. The van der Waals surface area contributed by atoms with E-state index in [4.69, 9.17) is 14.2 Å². The quantitative estimate of drug-likeness (QED) is 0.382. The molecule has 0 aromatic heterocycles. The molecule has 7 unspecified atom stereocenters. The molecule has 1 saturated heterocycles. The van der Waals surface area contributed by atoms with Crippen LogP contribution in [0.25, 0.3) is 0 Å². The summed E-state index contributed by atoms with van der Waals surface area (Å²) in [6.07, 6.45) is 9.24. The average molecular weight is 407 g/mol. The Morgan fingerprint density at radius 3 is 2.41 bits per heavy atom. The van der Waals surface area contributed by atoms with Gasteiger partial charge in [0.2, 0.25) is 0 Å². The van der Waals surface area contributed by atoms with Gasteiger partial charge in [0.25, 0.3) is 0 Å². The maximum Gasteiger partial charge on any atom is 0.303 e. The largest absolute Gasteiger partial charge is 0.462 e. The van der Waals surface area contributed by atoms with Gasteiger partial charge in [0, 0.05) is 32.1 Å². The molecular formula is C24H38O5. The SMILES string of the molecule is CC(=O)OC1CC2OC2(C)CCC(C)C=CC2(C)CCC(C(C)(C)OC(C)=O)C12. The fourth-order valence-corrected chi connectivity index (χ4v) is 5.87. The second-order valence-corrected chi connectivity index (χ2v) is 10.6.